The molecule has 84 valence electrons. The predicted octanol–water partition coefficient (Wildman–Crippen LogP) is 3.30. The highest BCUT2D eigenvalue weighted by Crippen LogP contribution is 2.30. The minimum Gasteiger partial charge on any atom is -0.316 e. The average molecular weight is 215 g/mol. The summed E-state index contributed by atoms with van der Waals surface area (Å²) < 4.78 is 0. The van der Waals surface area contributed by atoms with E-state index in [1.54, 1.807) is 0 Å². The van der Waals surface area contributed by atoms with Crippen molar-refractivity contribution >= 4 is 11.8 Å². The summed E-state index contributed by atoms with van der Waals surface area (Å²) in [5, 5.41) is 4.42. The number of rotatable bonds is 6. The van der Waals surface area contributed by atoms with E-state index >= 15 is 0 Å². The molecule has 0 aromatic heterocycles. The normalized spacial score (nSPS) is 22.5. The van der Waals surface area contributed by atoms with Crippen molar-refractivity contribution < 1.29 is 0 Å². The zero-order chi connectivity index (χ0) is 10.4. The van der Waals surface area contributed by atoms with Gasteiger partial charge in [0.2, 0.25) is 0 Å². The maximum Gasteiger partial charge on any atom is 0.0180 e. The lowest BCUT2D eigenvalue weighted by molar-refractivity contribution is 0.420. The van der Waals surface area contributed by atoms with Crippen molar-refractivity contribution in [3.8, 4) is 0 Å². The first-order chi connectivity index (χ1) is 6.77. The van der Waals surface area contributed by atoms with Crippen LogP contribution in [0.4, 0.5) is 0 Å². The molecular formula is C12H25NS. The van der Waals surface area contributed by atoms with E-state index in [9.17, 15) is 0 Å². The molecule has 1 saturated carbocycles. The van der Waals surface area contributed by atoms with Gasteiger partial charge in [0, 0.05) is 17.0 Å². The molecular weight excluding hydrogens is 190 g/mol. The quantitative estimate of drug-likeness (QED) is 0.729. The first kappa shape index (κ1) is 12.4. The Morgan fingerprint density at radius 2 is 2.00 bits per heavy atom. The summed E-state index contributed by atoms with van der Waals surface area (Å²) in [5.41, 5.74) is 0. The summed E-state index contributed by atoms with van der Waals surface area (Å²) in [5.74, 6) is 2.12. The first-order valence-electron chi connectivity index (χ1n) is 6.06. The second kappa shape index (κ2) is 6.73. The van der Waals surface area contributed by atoms with Gasteiger partial charge in [-0.15, -0.1) is 0 Å². The van der Waals surface area contributed by atoms with Gasteiger partial charge in [0.1, 0.15) is 0 Å². The van der Waals surface area contributed by atoms with Crippen LogP contribution in [0.25, 0.3) is 0 Å². The second-order valence-electron chi connectivity index (χ2n) is 4.52. The van der Waals surface area contributed by atoms with Gasteiger partial charge >= 0.3 is 0 Å². The third-order valence-electron chi connectivity index (χ3n) is 3.52. The molecule has 1 rings (SSSR count). The molecule has 1 aliphatic carbocycles. The summed E-state index contributed by atoms with van der Waals surface area (Å²) in [6, 6.07) is 0.714. The summed E-state index contributed by atoms with van der Waals surface area (Å²) in [6.45, 7) is 4.64. The van der Waals surface area contributed by atoms with Gasteiger partial charge in [0.15, 0.2) is 0 Å². The molecule has 0 spiro atoms. The summed E-state index contributed by atoms with van der Waals surface area (Å²) in [6.07, 6.45) is 7.14. The summed E-state index contributed by atoms with van der Waals surface area (Å²) in [4.78, 5) is 0. The van der Waals surface area contributed by atoms with E-state index in [1.807, 2.05) is 0 Å². The van der Waals surface area contributed by atoms with Crippen LogP contribution in [0.2, 0.25) is 0 Å². The van der Waals surface area contributed by atoms with E-state index in [-0.39, 0.29) is 0 Å². The van der Waals surface area contributed by atoms with Crippen molar-refractivity contribution in [3.05, 3.63) is 0 Å². The van der Waals surface area contributed by atoms with Gasteiger partial charge in [-0.1, -0.05) is 33.1 Å². The van der Waals surface area contributed by atoms with Crippen molar-refractivity contribution in [2.24, 2.45) is 5.92 Å². The van der Waals surface area contributed by atoms with E-state index in [0.29, 0.717) is 6.04 Å². The molecule has 2 atom stereocenters. The molecule has 0 saturated heterocycles. The summed E-state index contributed by atoms with van der Waals surface area (Å²) in [7, 11) is 2.10. The lowest BCUT2D eigenvalue weighted by Gasteiger charge is -2.23. The molecule has 0 aromatic rings. The zero-order valence-electron chi connectivity index (χ0n) is 9.88. The van der Waals surface area contributed by atoms with Gasteiger partial charge in [0.25, 0.3) is 0 Å². The Kier molecular flexibility index (Phi) is 5.95. The average Bonchev–Trinajstić information content (AvgIpc) is 2.71. The minimum atomic E-state index is 0.714. The lowest BCUT2D eigenvalue weighted by atomic mass is 10.0. The maximum absolute atomic E-state index is 3.46. The van der Waals surface area contributed by atoms with E-state index in [2.05, 4.69) is 38.0 Å². The van der Waals surface area contributed by atoms with Gasteiger partial charge in [-0.3, -0.25) is 0 Å². The number of nitrogens with one attached hydrogen (secondary N) is 1. The van der Waals surface area contributed by atoms with E-state index in [1.165, 1.54) is 37.9 Å². The van der Waals surface area contributed by atoms with E-state index in [0.717, 1.165) is 11.2 Å². The highest BCUT2D eigenvalue weighted by Gasteiger charge is 2.19. The topological polar surface area (TPSA) is 12.0 Å². The molecule has 2 unspecified atom stereocenters. The molecule has 1 nitrogen and oxygen atoms in total. The minimum absolute atomic E-state index is 0.714. The fourth-order valence-electron chi connectivity index (χ4n) is 2.11. The van der Waals surface area contributed by atoms with Gasteiger partial charge < -0.3 is 5.32 Å². The number of hydrogen-bond acceptors (Lipinski definition) is 2. The maximum atomic E-state index is 3.46. The molecule has 0 amide bonds. The zero-order valence-corrected chi connectivity index (χ0v) is 10.7. The van der Waals surface area contributed by atoms with Crippen LogP contribution in [-0.2, 0) is 0 Å². The Labute approximate surface area is 93.4 Å². The van der Waals surface area contributed by atoms with E-state index < -0.39 is 0 Å². The Bertz CT molecular complexity index is 143. The van der Waals surface area contributed by atoms with Crippen LogP contribution in [-0.4, -0.2) is 24.1 Å². The molecule has 0 heterocycles. The van der Waals surface area contributed by atoms with Gasteiger partial charge in [-0.05, 0) is 25.8 Å². The van der Waals surface area contributed by atoms with Crippen LogP contribution in [0.1, 0.15) is 46.0 Å². The van der Waals surface area contributed by atoms with Crippen LogP contribution < -0.4 is 5.32 Å². The van der Waals surface area contributed by atoms with Crippen LogP contribution in [0.15, 0.2) is 0 Å². The monoisotopic (exact) mass is 215 g/mol. The van der Waals surface area contributed by atoms with Crippen molar-refractivity contribution in [3.63, 3.8) is 0 Å². The lowest BCUT2D eigenvalue weighted by Crippen LogP contribution is -2.34. The fraction of sp³-hybridized carbons (Fsp3) is 1.00. The SMILES string of the molecule is CCC(C)C(CSC1CCCC1)NC. The Hall–Kier alpha value is 0.310. The van der Waals surface area contributed by atoms with E-state index in [4.69, 9.17) is 0 Å². The van der Waals surface area contributed by atoms with Gasteiger partial charge in [-0.25, -0.2) is 0 Å². The molecule has 1 N–H and O–H groups in total. The number of thioether (sulfide) groups is 1. The third-order valence-corrected chi connectivity index (χ3v) is 5.01. The van der Waals surface area contributed by atoms with Crippen molar-refractivity contribution in [2.75, 3.05) is 12.8 Å². The molecule has 2 heteroatoms. The Balaban J connectivity index is 2.19. The molecule has 14 heavy (non-hydrogen) atoms. The molecule has 0 bridgehead atoms. The number of hydrogen-bond donors (Lipinski definition) is 1. The van der Waals surface area contributed by atoms with Crippen LogP contribution in [0, 0.1) is 5.92 Å². The van der Waals surface area contributed by atoms with Crippen molar-refractivity contribution in [1.82, 2.24) is 5.32 Å². The van der Waals surface area contributed by atoms with Gasteiger partial charge in [0.05, 0.1) is 0 Å². The van der Waals surface area contributed by atoms with Crippen molar-refractivity contribution in [2.45, 2.75) is 57.2 Å². The molecule has 0 aliphatic heterocycles. The fourth-order valence-corrected chi connectivity index (χ4v) is 3.75. The Morgan fingerprint density at radius 3 is 2.50 bits per heavy atom. The van der Waals surface area contributed by atoms with Gasteiger partial charge in [-0.2, -0.15) is 11.8 Å². The third kappa shape index (κ3) is 3.82. The molecule has 1 fully saturated rings. The van der Waals surface area contributed by atoms with Crippen LogP contribution in [0.5, 0.6) is 0 Å². The summed E-state index contributed by atoms with van der Waals surface area (Å²) >= 11 is 2.20. The van der Waals surface area contributed by atoms with Crippen LogP contribution >= 0.6 is 11.8 Å². The predicted molar refractivity (Wildman–Crippen MR) is 67.0 cm³/mol. The second-order valence-corrected chi connectivity index (χ2v) is 5.85. The highest BCUT2D eigenvalue weighted by atomic mass is 32.2. The van der Waals surface area contributed by atoms with Crippen LogP contribution in [0.3, 0.4) is 0 Å². The molecule has 0 aromatic carbocycles. The Morgan fingerprint density at radius 1 is 1.36 bits per heavy atom. The molecule has 1 aliphatic rings. The largest absolute Gasteiger partial charge is 0.316 e. The van der Waals surface area contributed by atoms with Crippen molar-refractivity contribution in [1.29, 1.82) is 0 Å². The highest BCUT2D eigenvalue weighted by molar-refractivity contribution is 7.99. The molecule has 0 radical (unpaired) electrons. The standard InChI is InChI=1S/C12H25NS/c1-4-10(2)12(13-3)9-14-11-7-5-6-8-11/h10-13H,4-9H2,1-3H3. The smallest absolute Gasteiger partial charge is 0.0180 e. The first-order valence-corrected chi connectivity index (χ1v) is 7.11.